The zero-order chi connectivity index (χ0) is 66.4. The monoisotopic (exact) mass is 1300 g/mol. The van der Waals surface area contributed by atoms with Crippen LogP contribution >= 0.6 is 0 Å². The van der Waals surface area contributed by atoms with E-state index in [-0.39, 0.29) is 74.5 Å². The van der Waals surface area contributed by atoms with E-state index in [1.807, 2.05) is 0 Å². The second kappa shape index (κ2) is 27.5. The first kappa shape index (κ1) is 65.4. The molecule has 6 amide bonds. The number of carbonyl (C=O) groups is 6. The maximum absolute atomic E-state index is 13.0. The van der Waals surface area contributed by atoms with Crippen LogP contribution in [0.5, 0.6) is 17.2 Å². The van der Waals surface area contributed by atoms with Crippen LogP contribution in [-0.2, 0) is 47.3 Å². The topological polar surface area (TPSA) is 250 Å². The van der Waals surface area contributed by atoms with Crippen LogP contribution < -0.4 is 61.6 Å². The number of hydrogen-bond acceptors (Lipinski definition) is 13. The van der Waals surface area contributed by atoms with Crippen LogP contribution in [0.25, 0.3) is 16.7 Å². The molecule has 0 bridgehead atoms. The number of likely N-dealkylation sites (N-methyl/N-ethyl adjacent to an activating group) is 1. The molecule has 6 aliphatic rings. The third-order valence-electron chi connectivity index (χ3n) is 15.1. The minimum Gasteiger partial charge on any atom is -0.493 e. The summed E-state index contributed by atoms with van der Waals surface area (Å²) in [6.07, 6.45) is -6.16. The summed E-state index contributed by atoms with van der Waals surface area (Å²) in [5, 5.41) is 31.4. The van der Waals surface area contributed by atoms with Crippen LogP contribution in [0.15, 0.2) is 127 Å². The normalized spacial score (nSPS) is 17.8. The van der Waals surface area contributed by atoms with Crippen molar-refractivity contribution in [3.63, 3.8) is 0 Å². The molecule has 9 N–H and O–H groups in total. The van der Waals surface area contributed by atoms with Gasteiger partial charge in [-0.3, -0.25) is 28.8 Å². The summed E-state index contributed by atoms with van der Waals surface area (Å²) in [5.41, 5.74) is 5.97. The van der Waals surface area contributed by atoms with Gasteiger partial charge < -0.3 is 66.8 Å². The van der Waals surface area contributed by atoms with Crippen LogP contribution in [0.1, 0.15) is 71.9 Å². The van der Waals surface area contributed by atoms with E-state index in [1.165, 1.54) is 36.4 Å². The Morgan fingerprint density at radius 2 is 0.914 bits per heavy atom. The van der Waals surface area contributed by atoms with Gasteiger partial charge in [-0.15, -0.1) is 0 Å². The lowest BCUT2D eigenvalue weighted by Crippen LogP contribution is -2.41. The fourth-order valence-corrected chi connectivity index (χ4v) is 10.7. The Bertz CT molecular complexity index is 4040. The highest BCUT2D eigenvalue weighted by molar-refractivity contribution is 6.09. The van der Waals surface area contributed by atoms with E-state index in [2.05, 4.69) is 42.5 Å². The summed E-state index contributed by atoms with van der Waals surface area (Å²) >= 11 is 0. The molecule has 0 aliphatic carbocycles. The molecule has 6 aromatic carbocycles. The standard InChI is InChI=1S/C22H20F3N3O4.C22H20F3N3O3.C21H18F3N3O3/c23-22(24,25)13-3-5-15-12(2-1-7-32-19(15)9-13)8-20(30)26-14-4-6-16-17(10-14)28-21(31)18(11-29)27-16;1-28-12-21(30)27-17-11-15(5-7-18(17)28)26-20(29)9-13-3-2-8-31-19-10-14(22(23,24)25)4-6-16(13)19;22-21(23,24)13-3-5-15-12(2-1-7-30-18(15)9-13)8-19(28)26-14-4-6-16-17(10-14)27-20(29)11-25-16/h3-6,8-10,18,27,29H,1-2,7,11H2,(H,26,30)(H,28,31);4-7,9-11H,2-3,8,12H2,1H3,(H,26,29)(H,27,30);3-6,8-10,25H,1-2,7,11H2,(H,26,28)(H,27,29)/b12-8+;13-9+;12-8+. The molecule has 19 nitrogen and oxygen atoms in total. The van der Waals surface area contributed by atoms with Gasteiger partial charge in [0.25, 0.3) is 0 Å². The van der Waals surface area contributed by atoms with Gasteiger partial charge in [-0.1, -0.05) is 18.2 Å². The van der Waals surface area contributed by atoms with Gasteiger partial charge in [0, 0.05) is 59.0 Å². The molecule has 28 heteroatoms. The highest BCUT2D eigenvalue weighted by Crippen LogP contribution is 2.42. The minimum atomic E-state index is -4.49. The number of hydrogen-bond donors (Lipinski definition) is 9. The van der Waals surface area contributed by atoms with Crippen LogP contribution in [-0.4, -0.2) is 93.2 Å². The molecule has 93 heavy (non-hydrogen) atoms. The Hall–Kier alpha value is -10.5. The summed E-state index contributed by atoms with van der Waals surface area (Å²) < 4.78 is 133. The molecule has 0 fully saturated rings. The van der Waals surface area contributed by atoms with E-state index < -0.39 is 59.0 Å². The Labute approximate surface area is 524 Å². The quantitative estimate of drug-likeness (QED) is 0.0534. The molecular formula is C65H58F9N9O10. The minimum absolute atomic E-state index is 0.0948. The number of alkyl halides is 9. The van der Waals surface area contributed by atoms with Crippen LogP contribution in [0.3, 0.4) is 0 Å². The van der Waals surface area contributed by atoms with E-state index in [9.17, 15) is 73.4 Å². The maximum atomic E-state index is 13.0. The molecule has 6 aromatic rings. The smallest absolute Gasteiger partial charge is 0.416 e. The van der Waals surface area contributed by atoms with Gasteiger partial charge in [0.2, 0.25) is 35.4 Å². The average molecular weight is 1300 g/mol. The first-order chi connectivity index (χ1) is 44.2. The molecule has 0 radical (unpaired) electrons. The van der Waals surface area contributed by atoms with Crippen molar-refractivity contribution in [3.8, 4) is 17.2 Å². The predicted molar refractivity (Wildman–Crippen MR) is 330 cm³/mol. The average Bonchev–Trinajstić information content (AvgIpc) is 1.83. The number of halogens is 9. The number of benzene rings is 6. The van der Waals surface area contributed by atoms with E-state index >= 15 is 0 Å². The molecule has 0 spiro atoms. The van der Waals surface area contributed by atoms with E-state index in [4.69, 9.17) is 14.2 Å². The first-order valence-electron chi connectivity index (χ1n) is 29.0. The largest absolute Gasteiger partial charge is 0.493 e. The van der Waals surface area contributed by atoms with E-state index in [1.54, 1.807) is 66.5 Å². The molecule has 6 aliphatic heterocycles. The fourth-order valence-electron chi connectivity index (χ4n) is 10.7. The summed E-state index contributed by atoms with van der Waals surface area (Å²) in [6.45, 7) is 0.868. The number of amides is 6. The van der Waals surface area contributed by atoms with Crippen molar-refractivity contribution >= 4 is 103 Å². The number of allylic oxidation sites excluding steroid dienone is 3. The second-order valence-electron chi connectivity index (χ2n) is 21.9. The third-order valence-corrected chi connectivity index (χ3v) is 15.1. The second-order valence-corrected chi connectivity index (χ2v) is 21.9. The summed E-state index contributed by atoms with van der Waals surface area (Å²) in [4.78, 5) is 74.7. The highest BCUT2D eigenvalue weighted by Gasteiger charge is 2.35. The van der Waals surface area contributed by atoms with Gasteiger partial charge in [-0.05, 0) is 146 Å². The van der Waals surface area contributed by atoms with E-state index in [0.717, 1.165) is 47.8 Å². The number of aliphatic hydroxyl groups excluding tert-OH is 1. The molecule has 12 rings (SSSR count). The SMILES string of the molecule is CN1CC(=O)Nc2cc(NC(=O)/C=C3\CCCOc4cc(C(F)(F)F)ccc43)ccc21.O=C(/C=C1\CCCOc2cc(C(F)(F)F)ccc21)Nc1ccc2c(c1)NC(=O)C(CO)N2.O=C(/C=C1\CCCOc2cc(C(F)(F)F)ccc21)Nc1ccc2c(c1)NC(=O)CN2. The molecule has 0 saturated heterocycles. The lowest BCUT2D eigenvalue weighted by Gasteiger charge is -2.27. The van der Waals surface area contributed by atoms with Gasteiger partial charge in [0.15, 0.2) is 0 Å². The number of aliphatic hydroxyl groups is 1. The summed E-state index contributed by atoms with van der Waals surface area (Å²) in [7, 11) is 1.80. The lowest BCUT2D eigenvalue weighted by atomic mass is 9.99. The maximum Gasteiger partial charge on any atom is 0.416 e. The van der Waals surface area contributed by atoms with Gasteiger partial charge in [-0.2, -0.15) is 39.5 Å². The summed E-state index contributed by atoms with van der Waals surface area (Å²) in [5.74, 6) is -1.69. The number of nitrogens with one attached hydrogen (secondary N) is 8. The molecule has 0 aromatic heterocycles. The molecular weight excluding hydrogens is 1240 g/mol. The molecule has 1 atom stereocenters. The number of nitrogens with zero attached hydrogens (tertiary/aromatic N) is 1. The number of fused-ring (bicyclic) bond motifs is 6. The molecule has 486 valence electrons. The van der Waals surface area contributed by atoms with Crippen molar-refractivity contribution in [2.75, 3.05) is 94.0 Å². The number of rotatable bonds is 7. The van der Waals surface area contributed by atoms with Crippen molar-refractivity contribution in [2.24, 2.45) is 0 Å². The van der Waals surface area contributed by atoms with Crippen LogP contribution in [0.4, 0.5) is 90.7 Å². The zero-order valence-corrected chi connectivity index (χ0v) is 49.2. The molecule has 6 heterocycles. The van der Waals surface area contributed by atoms with Crippen molar-refractivity contribution < 1.29 is 87.6 Å². The molecule has 1 unspecified atom stereocenters. The van der Waals surface area contributed by atoms with Crippen molar-refractivity contribution in [3.05, 3.63) is 161 Å². The number of carbonyl (C=O) groups excluding carboxylic acids is 6. The van der Waals surface area contributed by atoms with Gasteiger partial charge in [0.05, 0.1) is 90.3 Å². The predicted octanol–water partition coefficient (Wildman–Crippen LogP) is 12.2. The van der Waals surface area contributed by atoms with Gasteiger partial charge >= 0.3 is 18.5 Å². The van der Waals surface area contributed by atoms with E-state index in [0.29, 0.717) is 112 Å². The lowest BCUT2D eigenvalue weighted by molar-refractivity contribution is -0.138. The summed E-state index contributed by atoms with van der Waals surface area (Å²) in [6, 6.07) is 24.2. The van der Waals surface area contributed by atoms with Crippen molar-refractivity contribution in [1.82, 2.24) is 0 Å². The number of ether oxygens (including phenoxy) is 3. The van der Waals surface area contributed by atoms with Gasteiger partial charge in [-0.25, -0.2) is 0 Å². The Kier molecular flexibility index (Phi) is 19.4. The Balaban J connectivity index is 0.000000153. The Morgan fingerprint density at radius 1 is 0.516 bits per heavy atom. The van der Waals surface area contributed by atoms with Crippen molar-refractivity contribution in [2.45, 2.75) is 63.1 Å². The number of anilines is 9. The fraction of sp³-hybridized carbons (Fsp3) is 0.262. The zero-order valence-electron chi connectivity index (χ0n) is 49.2. The van der Waals surface area contributed by atoms with Gasteiger partial charge in [0.1, 0.15) is 23.3 Å². The highest BCUT2D eigenvalue weighted by atomic mass is 19.4. The first-order valence-corrected chi connectivity index (χ1v) is 29.0. The third kappa shape index (κ3) is 16.3. The molecule has 0 saturated carbocycles. The van der Waals surface area contributed by atoms with Crippen LogP contribution in [0.2, 0.25) is 0 Å². The Morgan fingerprint density at radius 3 is 1.34 bits per heavy atom. The van der Waals surface area contributed by atoms with Crippen molar-refractivity contribution in [1.29, 1.82) is 0 Å². The van der Waals surface area contributed by atoms with Crippen LogP contribution in [0, 0.1) is 0 Å².